The van der Waals surface area contributed by atoms with Crippen molar-refractivity contribution in [3.8, 4) is 11.5 Å². The average Bonchev–Trinajstić information content (AvgIpc) is 2.20. The van der Waals surface area contributed by atoms with E-state index in [2.05, 4.69) is 0 Å². The standard InChI is InChI=1S/C10H11ClO4/c1-5(10(13)14)6-3-4-7(12)8(11)9(6)15-2/h3-5,12H,1-2H3,(H,13,14). The summed E-state index contributed by atoms with van der Waals surface area (Å²) in [5, 5.41) is 18.2. The molecule has 0 radical (unpaired) electrons. The third-order valence-corrected chi connectivity index (χ3v) is 2.51. The molecule has 0 aliphatic heterocycles. The number of aromatic hydroxyl groups is 1. The quantitative estimate of drug-likeness (QED) is 0.836. The predicted octanol–water partition coefficient (Wildman–Crippen LogP) is 2.24. The minimum Gasteiger partial charge on any atom is -0.506 e. The molecule has 4 nitrogen and oxygen atoms in total. The molecule has 0 aliphatic rings. The van der Waals surface area contributed by atoms with Gasteiger partial charge >= 0.3 is 5.97 Å². The van der Waals surface area contributed by atoms with E-state index in [9.17, 15) is 9.90 Å². The van der Waals surface area contributed by atoms with E-state index in [4.69, 9.17) is 21.4 Å². The zero-order chi connectivity index (χ0) is 11.6. The highest BCUT2D eigenvalue weighted by Crippen LogP contribution is 2.39. The van der Waals surface area contributed by atoms with Gasteiger partial charge in [0.25, 0.3) is 0 Å². The Morgan fingerprint density at radius 1 is 1.53 bits per heavy atom. The molecule has 0 heterocycles. The summed E-state index contributed by atoms with van der Waals surface area (Å²) < 4.78 is 4.97. The van der Waals surface area contributed by atoms with E-state index in [-0.39, 0.29) is 16.5 Å². The monoisotopic (exact) mass is 230 g/mol. The molecule has 2 N–H and O–H groups in total. The lowest BCUT2D eigenvalue weighted by molar-refractivity contribution is -0.138. The smallest absolute Gasteiger partial charge is 0.310 e. The van der Waals surface area contributed by atoms with Crippen molar-refractivity contribution in [1.82, 2.24) is 0 Å². The summed E-state index contributed by atoms with van der Waals surface area (Å²) in [6, 6.07) is 2.83. The van der Waals surface area contributed by atoms with Crippen molar-refractivity contribution < 1.29 is 19.7 Å². The normalized spacial score (nSPS) is 12.2. The first kappa shape index (κ1) is 11.7. The van der Waals surface area contributed by atoms with Gasteiger partial charge in [-0.25, -0.2) is 0 Å². The van der Waals surface area contributed by atoms with Crippen LogP contribution in [0.1, 0.15) is 18.4 Å². The largest absolute Gasteiger partial charge is 0.506 e. The lowest BCUT2D eigenvalue weighted by atomic mass is 10.00. The lowest BCUT2D eigenvalue weighted by Gasteiger charge is -2.13. The van der Waals surface area contributed by atoms with Gasteiger partial charge in [-0.2, -0.15) is 0 Å². The molecule has 5 heteroatoms. The Morgan fingerprint density at radius 2 is 2.13 bits per heavy atom. The van der Waals surface area contributed by atoms with Crippen LogP contribution in [0.4, 0.5) is 0 Å². The van der Waals surface area contributed by atoms with Crippen molar-refractivity contribution in [3.05, 3.63) is 22.7 Å². The van der Waals surface area contributed by atoms with Gasteiger partial charge in [0, 0.05) is 5.56 Å². The average molecular weight is 231 g/mol. The van der Waals surface area contributed by atoms with Crippen LogP contribution in [0.15, 0.2) is 12.1 Å². The molecule has 0 fully saturated rings. The van der Waals surface area contributed by atoms with Crippen molar-refractivity contribution in [2.45, 2.75) is 12.8 Å². The minimum atomic E-state index is -0.977. The minimum absolute atomic E-state index is 0.0306. The van der Waals surface area contributed by atoms with E-state index in [1.165, 1.54) is 26.2 Å². The Hall–Kier alpha value is -1.42. The molecule has 0 aromatic heterocycles. The summed E-state index contributed by atoms with van der Waals surface area (Å²) in [7, 11) is 1.37. The molecular weight excluding hydrogens is 220 g/mol. The van der Waals surface area contributed by atoms with Gasteiger partial charge in [0.05, 0.1) is 13.0 Å². The molecule has 82 valence electrons. The second kappa shape index (κ2) is 4.40. The summed E-state index contributed by atoms with van der Waals surface area (Å²) in [5.74, 6) is -1.64. The number of halogens is 1. The molecule has 1 aromatic carbocycles. The zero-order valence-electron chi connectivity index (χ0n) is 8.32. The SMILES string of the molecule is COc1c(C(C)C(=O)O)ccc(O)c1Cl. The Labute approximate surface area is 92.1 Å². The lowest BCUT2D eigenvalue weighted by Crippen LogP contribution is -2.09. The fraction of sp³-hybridized carbons (Fsp3) is 0.300. The van der Waals surface area contributed by atoms with Gasteiger partial charge in [0.15, 0.2) is 0 Å². The molecule has 1 atom stereocenters. The van der Waals surface area contributed by atoms with Crippen LogP contribution >= 0.6 is 11.6 Å². The van der Waals surface area contributed by atoms with E-state index >= 15 is 0 Å². The van der Waals surface area contributed by atoms with Gasteiger partial charge in [-0.15, -0.1) is 0 Å². The third kappa shape index (κ3) is 2.15. The summed E-state index contributed by atoms with van der Waals surface area (Å²) >= 11 is 5.78. The Morgan fingerprint density at radius 3 is 2.60 bits per heavy atom. The second-order valence-electron chi connectivity index (χ2n) is 3.08. The van der Waals surface area contributed by atoms with Crippen LogP contribution in [0.2, 0.25) is 5.02 Å². The third-order valence-electron chi connectivity index (χ3n) is 2.15. The van der Waals surface area contributed by atoms with Crippen molar-refractivity contribution in [3.63, 3.8) is 0 Å². The van der Waals surface area contributed by atoms with Gasteiger partial charge in [-0.3, -0.25) is 4.79 Å². The van der Waals surface area contributed by atoms with Crippen LogP contribution < -0.4 is 4.74 Å². The first-order valence-electron chi connectivity index (χ1n) is 4.27. The molecule has 0 amide bonds. The number of phenols is 1. The van der Waals surface area contributed by atoms with E-state index < -0.39 is 11.9 Å². The molecule has 0 aliphatic carbocycles. The van der Waals surface area contributed by atoms with Gasteiger partial charge < -0.3 is 14.9 Å². The van der Waals surface area contributed by atoms with Crippen molar-refractivity contribution in [2.75, 3.05) is 7.11 Å². The van der Waals surface area contributed by atoms with E-state index in [0.717, 1.165) is 0 Å². The van der Waals surface area contributed by atoms with E-state index in [1.54, 1.807) is 0 Å². The van der Waals surface area contributed by atoms with Crippen LogP contribution in [-0.2, 0) is 4.79 Å². The Balaban J connectivity index is 3.30. The number of rotatable bonds is 3. The fourth-order valence-electron chi connectivity index (χ4n) is 1.24. The van der Waals surface area contributed by atoms with Crippen LogP contribution in [-0.4, -0.2) is 23.3 Å². The molecule has 0 saturated carbocycles. The molecule has 0 saturated heterocycles. The van der Waals surface area contributed by atoms with E-state index in [0.29, 0.717) is 5.56 Å². The number of carboxylic acid groups (broad SMARTS) is 1. The molecule has 0 bridgehead atoms. The molecule has 0 spiro atoms. The van der Waals surface area contributed by atoms with Crippen molar-refractivity contribution >= 4 is 17.6 Å². The maximum absolute atomic E-state index is 10.8. The van der Waals surface area contributed by atoms with Crippen LogP contribution in [0, 0.1) is 0 Å². The highest BCUT2D eigenvalue weighted by Gasteiger charge is 2.21. The number of carboxylic acids is 1. The van der Waals surface area contributed by atoms with Crippen molar-refractivity contribution in [2.24, 2.45) is 0 Å². The summed E-state index contributed by atoms with van der Waals surface area (Å²) in [6.45, 7) is 1.52. The maximum atomic E-state index is 10.8. The number of benzene rings is 1. The van der Waals surface area contributed by atoms with Crippen LogP contribution in [0.3, 0.4) is 0 Å². The van der Waals surface area contributed by atoms with Gasteiger partial charge in [0.2, 0.25) is 0 Å². The summed E-state index contributed by atoms with van der Waals surface area (Å²) in [4.78, 5) is 10.8. The van der Waals surface area contributed by atoms with Gasteiger partial charge in [-0.1, -0.05) is 17.7 Å². The molecule has 1 unspecified atom stereocenters. The van der Waals surface area contributed by atoms with E-state index in [1.807, 2.05) is 0 Å². The Bertz CT molecular complexity index is 389. The number of hydrogen-bond donors (Lipinski definition) is 2. The molecule has 1 rings (SSSR count). The number of aliphatic carboxylic acids is 1. The predicted molar refractivity (Wildman–Crippen MR) is 55.7 cm³/mol. The first-order valence-corrected chi connectivity index (χ1v) is 4.65. The topological polar surface area (TPSA) is 66.8 Å². The molecular formula is C10H11ClO4. The summed E-state index contributed by atoms with van der Waals surface area (Å²) in [6.07, 6.45) is 0. The zero-order valence-corrected chi connectivity index (χ0v) is 9.08. The fourth-order valence-corrected chi connectivity index (χ4v) is 1.49. The highest BCUT2D eigenvalue weighted by atomic mass is 35.5. The number of methoxy groups -OCH3 is 1. The molecule has 1 aromatic rings. The number of carbonyl (C=O) groups is 1. The second-order valence-corrected chi connectivity index (χ2v) is 3.46. The van der Waals surface area contributed by atoms with Gasteiger partial charge in [-0.05, 0) is 13.0 Å². The number of phenolic OH excluding ortho intramolecular Hbond substituents is 1. The number of hydrogen-bond acceptors (Lipinski definition) is 3. The van der Waals surface area contributed by atoms with Crippen LogP contribution in [0.25, 0.3) is 0 Å². The first-order chi connectivity index (χ1) is 6.99. The molecule has 15 heavy (non-hydrogen) atoms. The Kier molecular flexibility index (Phi) is 3.42. The van der Waals surface area contributed by atoms with Gasteiger partial charge in [0.1, 0.15) is 16.5 Å². The highest BCUT2D eigenvalue weighted by molar-refractivity contribution is 6.33. The summed E-state index contributed by atoms with van der Waals surface area (Å²) in [5.41, 5.74) is 0.438. The van der Waals surface area contributed by atoms with Crippen LogP contribution in [0.5, 0.6) is 11.5 Å². The maximum Gasteiger partial charge on any atom is 0.310 e. The van der Waals surface area contributed by atoms with Crippen molar-refractivity contribution in [1.29, 1.82) is 0 Å². The number of ether oxygens (including phenoxy) is 1.